The van der Waals surface area contributed by atoms with Crippen LogP contribution in [0.1, 0.15) is 5.76 Å². The van der Waals surface area contributed by atoms with Crippen LogP contribution in [-0.4, -0.2) is 5.16 Å². The number of halogens is 2. The van der Waals surface area contributed by atoms with E-state index >= 15 is 0 Å². The molecule has 1 aromatic heterocycles. The van der Waals surface area contributed by atoms with Crippen LogP contribution in [0.5, 0.6) is 0 Å². The molecule has 1 heterocycles. The molecule has 1 aromatic carbocycles. The van der Waals surface area contributed by atoms with Gasteiger partial charge in [-0.1, -0.05) is 5.16 Å². The zero-order chi connectivity index (χ0) is 10.1. The molecule has 72 valence electrons. The van der Waals surface area contributed by atoms with Crippen molar-refractivity contribution in [2.45, 2.75) is 6.92 Å². The first-order chi connectivity index (χ1) is 6.66. The van der Waals surface area contributed by atoms with E-state index in [0.717, 1.165) is 6.07 Å². The van der Waals surface area contributed by atoms with Gasteiger partial charge in [-0.05, 0) is 19.1 Å². The Balaban J connectivity index is 2.52. The first kappa shape index (κ1) is 8.87. The van der Waals surface area contributed by atoms with Crippen LogP contribution in [0.15, 0.2) is 28.8 Å². The molecule has 0 spiro atoms. The number of hydrogen-bond donors (Lipinski definition) is 0. The molecule has 0 aliphatic heterocycles. The van der Waals surface area contributed by atoms with Gasteiger partial charge in [0.15, 0.2) is 0 Å². The van der Waals surface area contributed by atoms with Gasteiger partial charge in [0.2, 0.25) is 0 Å². The summed E-state index contributed by atoms with van der Waals surface area (Å²) in [6, 6.07) is 4.93. The monoisotopic (exact) mass is 195 g/mol. The molecule has 0 aliphatic rings. The van der Waals surface area contributed by atoms with Gasteiger partial charge in [0, 0.05) is 17.7 Å². The van der Waals surface area contributed by atoms with Crippen molar-refractivity contribution in [2.75, 3.05) is 0 Å². The summed E-state index contributed by atoms with van der Waals surface area (Å²) in [5.41, 5.74) is 0.614. The molecular formula is C10H7F2NO. The quantitative estimate of drug-likeness (QED) is 0.699. The zero-order valence-electron chi connectivity index (χ0n) is 7.42. The molecule has 0 atom stereocenters. The fourth-order valence-corrected chi connectivity index (χ4v) is 1.19. The van der Waals surface area contributed by atoms with E-state index in [4.69, 9.17) is 4.52 Å². The van der Waals surface area contributed by atoms with Crippen LogP contribution >= 0.6 is 0 Å². The predicted molar refractivity (Wildman–Crippen MR) is 46.6 cm³/mol. The molecule has 0 aliphatic carbocycles. The Morgan fingerprint density at radius 3 is 2.57 bits per heavy atom. The van der Waals surface area contributed by atoms with Gasteiger partial charge in [-0.3, -0.25) is 0 Å². The van der Waals surface area contributed by atoms with E-state index in [1.807, 2.05) is 0 Å². The molecule has 0 saturated heterocycles. The Morgan fingerprint density at radius 1 is 1.21 bits per heavy atom. The van der Waals surface area contributed by atoms with Gasteiger partial charge in [0.1, 0.15) is 23.1 Å². The highest BCUT2D eigenvalue weighted by atomic mass is 19.1. The first-order valence-corrected chi connectivity index (χ1v) is 4.05. The average Bonchev–Trinajstić information content (AvgIpc) is 2.51. The fraction of sp³-hybridized carbons (Fsp3) is 0.100. The van der Waals surface area contributed by atoms with E-state index in [-0.39, 0.29) is 5.56 Å². The molecule has 2 rings (SSSR count). The van der Waals surface area contributed by atoms with Gasteiger partial charge >= 0.3 is 0 Å². The maximum absolute atomic E-state index is 13.2. The van der Waals surface area contributed by atoms with Gasteiger partial charge in [0.05, 0.1) is 0 Å². The van der Waals surface area contributed by atoms with E-state index in [9.17, 15) is 8.78 Å². The molecule has 0 bridgehead atoms. The standard InChI is InChI=1S/C10H7F2NO/c1-6-4-10(13-14-6)8-3-2-7(11)5-9(8)12/h2-5H,1H3. The van der Waals surface area contributed by atoms with Crippen molar-refractivity contribution < 1.29 is 13.3 Å². The van der Waals surface area contributed by atoms with Crippen LogP contribution in [0.4, 0.5) is 8.78 Å². The second-order valence-electron chi connectivity index (χ2n) is 2.95. The predicted octanol–water partition coefficient (Wildman–Crippen LogP) is 2.93. The third kappa shape index (κ3) is 1.51. The summed E-state index contributed by atoms with van der Waals surface area (Å²) in [6.07, 6.45) is 0. The number of rotatable bonds is 1. The third-order valence-corrected chi connectivity index (χ3v) is 1.84. The Bertz CT molecular complexity index is 465. The summed E-state index contributed by atoms with van der Waals surface area (Å²) >= 11 is 0. The van der Waals surface area contributed by atoms with Crippen LogP contribution in [0, 0.1) is 18.6 Å². The SMILES string of the molecule is Cc1cc(-c2ccc(F)cc2F)no1. The van der Waals surface area contributed by atoms with Crippen molar-refractivity contribution in [3.8, 4) is 11.3 Å². The van der Waals surface area contributed by atoms with Gasteiger partial charge in [-0.25, -0.2) is 8.78 Å². The second-order valence-corrected chi connectivity index (χ2v) is 2.95. The van der Waals surface area contributed by atoms with Crippen LogP contribution in [0.2, 0.25) is 0 Å². The van der Waals surface area contributed by atoms with Crippen molar-refractivity contribution in [3.63, 3.8) is 0 Å². The summed E-state index contributed by atoms with van der Waals surface area (Å²) in [5.74, 6) is -0.659. The van der Waals surface area contributed by atoms with Gasteiger partial charge in [-0.15, -0.1) is 0 Å². The Hall–Kier alpha value is -1.71. The van der Waals surface area contributed by atoms with E-state index in [1.165, 1.54) is 12.1 Å². The molecular weight excluding hydrogens is 188 g/mol. The van der Waals surface area contributed by atoms with Gasteiger partial charge in [0.25, 0.3) is 0 Å². The maximum atomic E-state index is 13.2. The highest BCUT2D eigenvalue weighted by Crippen LogP contribution is 2.22. The van der Waals surface area contributed by atoms with Gasteiger partial charge in [-0.2, -0.15) is 0 Å². The van der Waals surface area contributed by atoms with Crippen molar-refractivity contribution in [1.29, 1.82) is 0 Å². The first-order valence-electron chi connectivity index (χ1n) is 4.05. The molecule has 0 unspecified atom stereocenters. The average molecular weight is 195 g/mol. The van der Waals surface area contributed by atoms with E-state index in [2.05, 4.69) is 5.16 Å². The molecule has 2 aromatic rings. The minimum absolute atomic E-state index is 0.239. The Morgan fingerprint density at radius 2 is 2.00 bits per heavy atom. The molecule has 0 saturated carbocycles. The van der Waals surface area contributed by atoms with Crippen LogP contribution < -0.4 is 0 Å². The highest BCUT2D eigenvalue weighted by Gasteiger charge is 2.09. The smallest absolute Gasteiger partial charge is 0.135 e. The Kier molecular flexibility index (Phi) is 2.04. The summed E-state index contributed by atoms with van der Waals surface area (Å²) < 4.78 is 30.6. The number of benzene rings is 1. The van der Waals surface area contributed by atoms with Crippen molar-refractivity contribution >= 4 is 0 Å². The number of aryl methyl sites for hydroxylation is 1. The van der Waals surface area contributed by atoms with Crippen LogP contribution in [0.3, 0.4) is 0 Å². The molecule has 14 heavy (non-hydrogen) atoms. The Labute approximate surface area is 79.1 Å². The van der Waals surface area contributed by atoms with Crippen molar-refractivity contribution in [2.24, 2.45) is 0 Å². The normalized spacial score (nSPS) is 10.5. The third-order valence-electron chi connectivity index (χ3n) is 1.84. The van der Waals surface area contributed by atoms with Crippen LogP contribution in [0.25, 0.3) is 11.3 Å². The number of nitrogens with zero attached hydrogens (tertiary/aromatic N) is 1. The minimum atomic E-state index is -0.640. The lowest BCUT2D eigenvalue weighted by Crippen LogP contribution is -1.85. The summed E-state index contributed by atoms with van der Waals surface area (Å²) in [5, 5.41) is 3.64. The summed E-state index contributed by atoms with van der Waals surface area (Å²) in [7, 11) is 0. The lowest BCUT2D eigenvalue weighted by Gasteiger charge is -1.97. The summed E-state index contributed by atoms with van der Waals surface area (Å²) in [6.45, 7) is 1.71. The highest BCUT2D eigenvalue weighted by molar-refractivity contribution is 5.59. The maximum Gasteiger partial charge on any atom is 0.135 e. The lowest BCUT2D eigenvalue weighted by molar-refractivity contribution is 0.399. The van der Waals surface area contributed by atoms with E-state index in [0.29, 0.717) is 11.5 Å². The molecule has 4 heteroatoms. The fourth-order valence-electron chi connectivity index (χ4n) is 1.19. The van der Waals surface area contributed by atoms with Crippen LogP contribution in [-0.2, 0) is 0 Å². The largest absolute Gasteiger partial charge is 0.361 e. The molecule has 0 N–H and O–H groups in total. The number of aromatic nitrogens is 1. The van der Waals surface area contributed by atoms with E-state index in [1.54, 1.807) is 13.0 Å². The molecule has 0 amide bonds. The molecule has 2 nitrogen and oxygen atoms in total. The molecule has 0 fully saturated rings. The van der Waals surface area contributed by atoms with Crippen molar-refractivity contribution in [3.05, 3.63) is 41.7 Å². The lowest BCUT2D eigenvalue weighted by atomic mass is 10.1. The topological polar surface area (TPSA) is 26.0 Å². The number of hydrogen-bond acceptors (Lipinski definition) is 2. The summed E-state index contributed by atoms with van der Waals surface area (Å²) in [4.78, 5) is 0. The van der Waals surface area contributed by atoms with Gasteiger partial charge < -0.3 is 4.52 Å². The minimum Gasteiger partial charge on any atom is -0.361 e. The van der Waals surface area contributed by atoms with Crippen molar-refractivity contribution in [1.82, 2.24) is 5.16 Å². The second kappa shape index (κ2) is 3.21. The molecule has 0 radical (unpaired) electrons. The van der Waals surface area contributed by atoms with E-state index < -0.39 is 11.6 Å². The zero-order valence-corrected chi connectivity index (χ0v) is 7.42.